The van der Waals surface area contributed by atoms with Gasteiger partial charge in [0, 0.05) is 38.6 Å². The molecule has 0 amide bonds. The number of nitrogens with two attached hydrogens (primary N) is 2. The first kappa shape index (κ1) is 31.9. The predicted octanol–water partition coefficient (Wildman–Crippen LogP) is 6.15. The van der Waals surface area contributed by atoms with Crippen molar-refractivity contribution in [2.75, 3.05) is 0 Å². The van der Waals surface area contributed by atoms with E-state index in [1.54, 1.807) is 9.36 Å². The van der Waals surface area contributed by atoms with Gasteiger partial charge in [0.05, 0.1) is 34.7 Å². The summed E-state index contributed by atoms with van der Waals surface area (Å²) in [5.41, 5.74) is 16.5. The highest BCUT2D eigenvalue weighted by molar-refractivity contribution is 5.98. The van der Waals surface area contributed by atoms with Crippen molar-refractivity contribution in [3.8, 4) is 34.1 Å². The number of amidine groups is 2. The van der Waals surface area contributed by atoms with Crippen molar-refractivity contribution in [3.05, 3.63) is 84.4 Å². The molecule has 5 rings (SSSR count). The van der Waals surface area contributed by atoms with Crippen LogP contribution < -0.4 is 20.9 Å². The monoisotopic (exact) mass is 616 g/mol. The molecule has 3 aromatic heterocycles. The van der Waals surface area contributed by atoms with Crippen LogP contribution in [0.5, 0.6) is 11.5 Å². The maximum atomic E-state index is 6.38. The molecule has 5 aromatic rings. The fraction of sp³-hybridized carbons (Fsp3) is 0.250. The lowest BCUT2D eigenvalue weighted by Gasteiger charge is -2.15. The van der Waals surface area contributed by atoms with Gasteiger partial charge in [0.1, 0.15) is 34.4 Å². The van der Waals surface area contributed by atoms with E-state index in [-0.39, 0.29) is 24.6 Å². The first-order chi connectivity index (χ1) is 20.5. The van der Waals surface area contributed by atoms with E-state index in [9.17, 15) is 0 Å². The molecule has 0 unspecified atom stereocenters. The molecule has 0 aliphatic carbocycles. The lowest BCUT2D eigenvalue weighted by Crippen LogP contribution is -2.14. The van der Waals surface area contributed by atoms with Gasteiger partial charge in [-0.3, -0.25) is 9.36 Å². The van der Waals surface area contributed by atoms with Crippen LogP contribution in [0.4, 0.5) is 11.4 Å². The molecule has 230 valence electrons. The summed E-state index contributed by atoms with van der Waals surface area (Å²) in [6, 6.07) is 18.7. The zero-order chi connectivity index (χ0) is 30.7. The average molecular weight is 617 g/mol. The molecular formula is C32H37ClN8O3. The van der Waals surface area contributed by atoms with Crippen LogP contribution in [0, 0.1) is 0 Å². The molecule has 44 heavy (non-hydrogen) atoms. The summed E-state index contributed by atoms with van der Waals surface area (Å²) in [4.78, 5) is 9.11. The number of benzene rings is 2. The zero-order valence-electron chi connectivity index (χ0n) is 25.6. The van der Waals surface area contributed by atoms with Crippen LogP contribution >= 0.6 is 12.4 Å². The number of hydrogen-bond donors (Lipinski definition) is 2. The number of hydrogen-bond acceptors (Lipinski definition) is 7. The van der Waals surface area contributed by atoms with E-state index in [1.165, 1.54) is 0 Å². The van der Waals surface area contributed by atoms with Crippen molar-refractivity contribution in [2.45, 2.75) is 39.9 Å². The van der Waals surface area contributed by atoms with E-state index in [2.05, 4.69) is 20.2 Å². The van der Waals surface area contributed by atoms with Gasteiger partial charge in [0.25, 0.3) is 0 Å². The van der Waals surface area contributed by atoms with Gasteiger partial charge < -0.3 is 25.4 Å². The van der Waals surface area contributed by atoms with Gasteiger partial charge in [0.15, 0.2) is 11.7 Å². The molecule has 0 saturated carbocycles. The van der Waals surface area contributed by atoms with E-state index < -0.39 is 0 Å². The minimum absolute atomic E-state index is 0. The predicted molar refractivity (Wildman–Crippen MR) is 176 cm³/mol. The van der Waals surface area contributed by atoms with Crippen molar-refractivity contribution in [1.82, 2.24) is 19.6 Å². The molecule has 12 heteroatoms. The van der Waals surface area contributed by atoms with Crippen molar-refractivity contribution in [1.29, 1.82) is 0 Å². The Balaban J connectivity index is 0.00000442. The van der Waals surface area contributed by atoms with Crippen LogP contribution in [-0.4, -0.2) is 43.4 Å². The molecule has 2 aromatic carbocycles. The Hall–Kier alpha value is -5.03. The maximum Gasteiger partial charge on any atom is 0.151 e. The molecule has 0 bridgehead atoms. The summed E-state index contributed by atoms with van der Waals surface area (Å²) in [6.07, 6.45) is 3.49. The highest BCUT2D eigenvalue weighted by Gasteiger charge is 2.18. The zero-order valence-corrected chi connectivity index (χ0v) is 26.4. The minimum Gasteiger partial charge on any atom is -0.490 e. The molecule has 0 aliphatic rings. The van der Waals surface area contributed by atoms with E-state index in [1.807, 2.05) is 115 Å². The first-order valence-corrected chi connectivity index (χ1v) is 14.0. The lowest BCUT2D eigenvalue weighted by atomic mass is 10.1. The minimum atomic E-state index is -0.0711. The number of halogens is 1. The number of aryl methyl sites for hydroxylation is 2. The quantitative estimate of drug-likeness (QED) is 0.141. The van der Waals surface area contributed by atoms with Gasteiger partial charge in [-0.25, -0.2) is 9.98 Å². The van der Waals surface area contributed by atoms with Gasteiger partial charge in [-0.1, -0.05) is 0 Å². The summed E-state index contributed by atoms with van der Waals surface area (Å²) < 4.78 is 22.1. The molecule has 0 saturated heterocycles. The second-order valence-corrected chi connectivity index (χ2v) is 10.6. The van der Waals surface area contributed by atoms with Gasteiger partial charge in [0.2, 0.25) is 0 Å². The largest absolute Gasteiger partial charge is 0.490 e. The number of aliphatic imine (C=N–C) groups is 2. The number of rotatable bonds is 10. The number of nitrogens with zero attached hydrogens (tertiary/aromatic N) is 6. The molecule has 0 fully saturated rings. The molecule has 0 aliphatic heterocycles. The summed E-state index contributed by atoms with van der Waals surface area (Å²) in [7, 11) is 3.66. The van der Waals surface area contributed by atoms with E-state index in [4.69, 9.17) is 25.4 Å². The van der Waals surface area contributed by atoms with Crippen LogP contribution in [-0.2, 0) is 14.1 Å². The Kier molecular flexibility index (Phi) is 9.80. The lowest BCUT2D eigenvalue weighted by molar-refractivity contribution is 0.243. The fourth-order valence-electron chi connectivity index (χ4n) is 4.39. The third-order valence-electron chi connectivity index (χ3n) is 6.24. The average Bonchev–Trinajstić information content (AvgIpc) is 3.70. The summed E-state index contributed by atoms with van der Waals surface area (Å²) >= 11 is 0. The van der Waals surface area contributed by atoms with Crippen molar-refractivity contribution < 1.29 is 13.9 Å². The van der Waals surface area contributed by atoms with Crippen molar-refractivity contribution >= 4 is 35.5 Å². The van der Waals surface area contributed by atoms with Crippen LogP contribution in [0.1, 0.15) is 39.1 Å². The van der Waals surface area contributed by atoms with Crippen LogP contribution in [0.25, 0.3) is 22.6 Å². The molecule has 11 nitrogen and oxygen atoms in total. The van der Waals surface area contributed by atoms with Gasteiger partial charge in [-0.15, -0.1) is 12.4 Å². The van der Waals surface area contributed by atoms with Crippen LogP contribution in [0.15, 0.2) is 87.5 Å². The third kappa shape index (κ3) is 7.48. The summed E-state index contributed by atoms with van der Waals surface area (Å²) in [5.74, 6) is 3.15. The Labute approximate surface area is 262 Å². The molecule has 4 N–H and O–H groups in total. The van der Waals surface area contributed by atoms with Gasteiger partial charge in [-0.2, -0.15) is 10.2 Å². The Morgan fingerprint density at radius 3 is 1.43 bits per heavy atom. The van der Waals surface area contributed by atoms with E-state index in [0.717, 1.165) is 11.1 Å². The second-order valence-electron chi connectivity index (χ2n) is 10.6. The van der Waals surface area contributed by atoms with E-state index >= 15 is 0 Å². The molecule has 3 heterocycles. The summed E-state index contributed by atoms with van der Waals surface area (Å²) in [6.45, 7) is 7.87. The molecule has 0 spiro atoms. The van der Waals surface area contributed by atoms with Crippen molar-refractivity contribution in [3.63, 3.8) is 0 Å². The summed E-state index contributed by atoms with van der Waals surface area (Å²) in [5, 5.41) is 8.64. The number of aromatic nitrogens is 4. The molecule has 0 atom stereocenters. The van der Waals surface area contributed by atoms with E-state index in [0.29, 0.717) is 57.5 Å². The highest BCUT2D eigenvalue weighted by Crippen LogP contribution is 2.40. The fourth-order valence-corrected chi connectivity index (χ4v) is 4.39. The molecule has 0 radical (unpaired) electrons. The number of furan rings is 1. The first-order valence-electron chi connectivity index (χ1n) is 14.0. The Morgan fingerprint density at radius 2 is 1.09 bits per heavy atom. The third-order valence-corrected chi connectivity index (χ3v) is 6.24. The normalized spacial score (nSPS) is 12.1. The van der Waals surface area contributed by atoms with Crippen LogP contribution in [0.3, 0.4) is 0 Å². The Morgan fingerprint density at radius 1 is 0.682 bits per heavy atom. The maximum absolute atomic E-state index is 6.38. The second kappa shape index (κ2) is 13.5. The van der Waals surface area contributed by atoms with Gasteiger partial charge >= 0.3 is 0 Å². The van der Waals surface area contributed by atoms with Crippen LogP contribution in [0.2, 0.25) is 0 Å². The molecular weight excluding hydrogens is 580 g/mol. The SMILES string of the molecule is CC(C)Oc1cc(N=C(N)c2ccn(C)n2)ccc1-c1ccc(-c2ccc(N=C(N)c3ccn(C)n3)cc2OC(C)C)o1.Cl. The van der Waals surface area contributed by atoms with Crippen molar-refractivity contribution in [2.24, 2.45) is 35.5 Å². The Bertz CT molecular complexity index is 1670. The smallest absolute Gasteiger partial charge is 0.151 e. The van der Waals surface area contributed by atoms with Gasteiger partial charge in [-0.05, 0) is 76.2 Å². The number of ether oxygens (including phenoxy) is 2. The topological polar surface area (TPSA) is 144 Å². The highest BCUT2D eigenvalue weighted by atomic mass is 35.5. The standard InChI is InChI=1S/C32H36N8O3.ClH/c1-19(2)41-29-17-21(35-31(33)25-13-15-39(5)37-25)7-9-23(29)27-11-12-28(43-27)24-10-8-22(18-30(24)42-20(3)4)36-32(34)26-14-16-40(6)38-26;/h7-20H,1-6H3,(H2,33,35)(H2,34,36);1H.